The van der Waals surface area contributed by atoms with E-state index in [-0.39, 0.29) is 24.8 Å². The minimum Gasteiger partial charge on any atom is -0.481 e. The molecule has 0 aliphatic heterocycles. The van der Waals surface area contributed by atoms with Crippen LogP contribution in [0.1, 0.15) is 60.3 Å². The topological polar surface area (TPSA) is 88.4 Å². The molecule has 0 spiro atoms. The molecular formula is C29H29F3N2O4. The third kappa shape index (κ3) is 6.90. The zero-order valence-electron chi connectivity index (χ0n) is 20.7. The smallest absolute Gasteiger partial charge is 0.417 e. The summed E-state index contributed by atoms with van der Waals surface area (Å²) < 4.78 is 40.3. The van der Waals surface area contributed by atoms with E-state index in [1.165, 1.54) is 0 Å². The van der Waals surface area contributed by atoms with Crippen molar-refractivity contribution in [1.82, 2.24) is 4.57 Å². The molecule has 1 saturated carbocycles. The van der Waals surface area contributed by atoms with Gasteiger partial charge in [-0.3, -0.25) is 14.4 Å². The third-order valence-corrected chi connectivity index (χ3v) is 6.98. The van der Waals surface area contributed by atoms with E-state index in [4.69, 9.17) is 5.11 Å². The van der Waals surface area contributed by atoms with Crippen LogP contribution in [0.2, 0.25) is 0 Å². The van der Waals surface area contributed by atoms with E-state index in [9.17, 15) is 27.6 Å². The highest BCUT2D eigenvalue weighted by Crippen LogP contribution is 2.38. The number of rotatable bonds is 9. The van der Waals surface area contributed by atoms with Crippen LogP contribution in [0, 0.1) is 5.92 Å². The van der Waals surface area contributed by atoms with Crippen molar-refractivity contribution in [1.29, 1.82) is 0 Å². The summed E-state index contributed by atoms with van der Waals surface area (Å²) in [5.74, 6) is -1.30. The number of hydrogen-bond acceptors (Lipinski definition) is 3. The van der Waals surface area contributed by atoms with Gasteiger partial charge in [-0.25, -0.2) is 0 Å². The molecular weight excluding hydrogens is 497 g/mol. The molecule has 2 N–H and O–H groups in total. The Hall–Kier alpha value is -3.88. The van der Waals surface area contributed by atoms with E-state index in [1.54, 1.807) is 42.5 Å². The maximum Gasteiger partial charge on any atom is 0.417 e. The van der Waals surface area contributed by atoms with Crippen molar-refractivity contribution in [3.63, 3.8) is 0 Å². The maximum absolute atomic E-state index is 13.5. The normalized spacial score (nSPS) is 14.8. The average molecular weight is 527 g/mol. The fraction of sp³-hybridized carbons (Fsp3) is 0.345. The van der Waals surface area contributed by atoms with Crippen molar-refractivity contribution in [2.45, 2.75) is 57.2 Å². The summed E-state index contributed by atoms with van der Waals surface area (Å²) in [7, 11) is 0. The minimum atomic E-state index is -4.54. The fourth-order valence-corrected chi connectivity index (χ4v) is 5.05. The number of aromatic nitrogens is 1. The highest BCUT2D eigenvalue weighted by molar-refractivity contribution is 5.96. The number of alkyl halides is 3. The lowest BCUT2D eigenvalue weighted by molar-refractivity contribution is -0.138. The number of pyridine rings is 1. The first kappa shape index (κ1) is 27.2. The summed E-state index contributed by atoms with van der Waals surface area (Å²) in [6, 6.07) is 15.9. The number of aliphatic carboxylic acids is 1. The predicted molar refractivity (Wildman–Crippen MR) is 137 cm³/mol. The van der Waals surface area contributed by atoms with Crippen LogP contribution in [-0.4, -0.2) is 21.6 Å². The number of carboxylic acid groups (broad SMARTS) is 1. The quantitative estimate of drug-likeness (QED) is 0.366. The Bertz CT molecular complexity index is 1340. The van der Waals surface area contributed by atoms with Crippen LogP contribution in [0.3, 0.4) is 0 Å². The number of nitrogens with zero attached hydrogens (tertiary/aromatic N) is 1. The third-order valence-electron chi connectivity index (χ3n) is 6.98. The molecule has 3 aromatic rings. The minimum absolute atomic E-state index is 0.00106. The molecule has 1 aliphatic rings. The van der Waals surface area contributed by atoms with Gasteiger partial charge in [0.2, 0.25) is 5.91 Å². The van der Waals surface area contributed by atoms with E-state index in [0.29, 0.717) is 17.7 Å². The van der Waals surface area contributed by atoms with Crippen molar-refractivity contribution in [3.8, 4) is 0 Å². The number of amides is 1. The van der Waals surface area contributed by atoms with Gasteiger partial charge in [-0.05, 0) is 60.1 Å². The van der Waals surface area contributed by atoms with Gasteiger partial charge in [-0.1, -0.05) is 49.2 Å². The first-order valence-electron chi connectivity index (χ1n) is 12.6. The van der Waals surface area contributed by atoms with Crippen LogP contribution in [0.15, 0.2) is 71.7 Å². The summed E-state index contributed by atoms with van der Waals surface area (Å²) in [5.41, 5.74) is 1.44. The molecule has 1 unspecified atom stereocenters. The van der Waals surface area contributed by atoms with Crippen molar-refractivity contribution in [2.75, 3.05) is 5.32 Å². The zero-order chi connectivity index (χ0) is 27.3. The number of halogens is 3. The summed E-state index contributed by atoms with van der Waals surface area (Å²) in [5, 5.41) is 11.9. The standard InChI is InChI=1S/C29H29F3N2O4/c30-29(31,32)23-13-14-25(35)34(18-23)17-20-8-11-22(12-9-20)27(21-5-1-2-6-21)28(38)33-24-7-3-4-19(16-24)10-15-26(36)37/h3-4,7-9,11-14,16,18,21,27H,1-2,5-6,10,15,17H2,(H,33,38)(H,36,37). The van der Waals surface area contributed by atoms with Gasteiger partial charge in [-0.2, -0.15) is 13.2 Å². The molecule has 1 fully saturated rings. The van der Waals surface area contributed by atoms with Gasteiger partial charge in [-0.15, -0.1) is 0 Å². The molecule has 1 amide bonds. The van der Waals surface area contributed by atoms with Crippen molar-refractivity contribution in [2.24, 2.45) is 5.92 Å². The average Bonchev–Trinajstić information content (AvgIpc) is 3.39. The van der Waals surface area contributed by atoms with Gasteiger partial charge in [0, 0.05) is 24.4 Å². The summed E-state index contributed by atoms with van der Waals surface area (Å²) in [6.45, 7) is -0.0214. The molecule has 0 bridgehead atoms. The van der Waals surface area contributed by atoms with Crippen LogP contribution >= 0.6 is 0 Å². The number of hydrogen-bond donors (Lipinski definition) is 2. The van der Waals surface area contributed by atoms with E-state index >= 15 is 0 Å². The van der Waals surface area contributed by atoms with E-state index in [0.717, 1.165) is 59.7 Å². The van der Waals surface area contributed by atoms with Crippen molar-refractivity contribution in [3.05, 3.63) is 99.5 Å². The number of nitrogens with one attached hydrogen (secondary N) is 1. The molecule has 2 aromatic carbocycles. The summed E-state index contributed by atoms with van der Waals surface area (Å²) in [6.07, 6.45) is 0.538. The number of carboxylic acids is 1. The maximum atomic E-state index is 13.5. The number of carbonyl (C=O) groups excluding carboxylic acids is 1. The van der Waals surface area contributed by atoms with E-state index in [1.807, 2.05) is 6.07 Å². The Balaban J connectivity index is 1.53. The largest absolute Gasteiger partial charge is 0.481 e. The Kier molecular flexibility index (Phi) is 8.34. The van der Waals surface area contributed by atoms with Gasteiger partial charge < -0.3 is 15.0 Å². The second-order valence-corrected chi connectivity index (χ2v) is 9.73. The molecule has 9 heteroatoms. The molecule has 0 radical (unpaired) electrons. The van der Waals surface area contributed by atoms with Gasteiger partial charge in [0.05, 0.1) is 18.0 Å². The van der Waals surface area contributed by atoms with Gasteiger partial charge in [0.15, 0.2) is 0 Å². The van der Waals surface area contributed by atoms with Gasteiger partial charge in [0.1, 0.15) is 0 Å². The Morgan fingerprint density at radius 1 is 1.00 bits per heavy atom. The first-order valence-corrected chi connectivity index (χ1v) is 12.6. The Labute approximate surface area is 218 Å². The molecule has 1 heterocycles. The van der Waals surface area contributed by atoms with Gasteiger partial charge >= 0.3 is 12.1 Å². The van der Waals surface area contributed by atoms with Crippen LogP contribution in [-0.2, 0) is 28.7 Å². The van der Waals surface area contributed by atoms with Gasteiger partial charge in [0.25, 0.3) is 5.56 Å². The zero-order valence-corrected chi connectivity index (χ0v) is 20.7. The molecule has 6 nitrogen and oxygen atoms in total. The molecule has 4 rings (SSSR count). The summed E-state index contributed by atoms with van der Waals surface area (Å²) >= 11 is 0. The monoisotopic (exact) mass is 526 g/mol. The number of anilines is 1. The molecule has 200 valence electrons. The lowest BCUT2D eigenvalue weighted by Gasteiger charge is -2.24. The van der Waals surface area contributed by atoms with Crippen LogP contribution < -0.4 is 10.9 Å². The number of aryl methyl sites for hydroxylation is 1. The lowest BCUT2D eigenvalue weighted by atomic mass is 9.83. The number of benzene rings is 2. The lowest BCUT2D eigenvalue weighted by Crippen LogP contribution is -2.26. The highest BCUT2D eigenvalue weighted by Gasteiger charge is 2.33. The Morgan fingerprint density at radius 2 is 1.71 bits per heavy atom. The first-order chi connectivity index (χ1) is 18.1. The van der Waals surface area contributed by atoms with E-state index < -0.39 is 29.2 Å². The SMILES string of the molecule is O=C(O)CCc1cccc(NC(=O)C(c2ccc(Cn3cc(C(F)(F)F)ccc3=O)cc2)C2CCCC2)c1. The van der Waals surface area contributed by atoms with Crippen molar-refractivity contribution >= 4 is 17.6 Å². The van der Waals surface area contributed by atoms with E-state index in [2.05, 4.69) is 5.32 Å². The molecule has 1 aliphatic carbocycles. The van der Waals surface area contributed by atoms with Crippen LogP contribution in [0.4, 0.5) is 18.9 Å². The fourth-order valence-electron chi connectivity index (χ4n) is 5.05. The van der Waals surface area contributed by atoms with Crippen LogP contribution in [0.5, 0.6) is 0 Å². The second-order valence-electron chi connectivity index (χ2n) is 9.73. The molecule has 0 saturated heterocycles. The number of carbonyl (C=O) groups is 2. The predicted octanol–water partition coefficient (Wildman–Crippen LogP) is 5.85. The molecule has 1 atom stereocenters. The highest BCUT2D eigenvalue weighted by atomic mass is 19.4. The van der Waals surface area contributed by atoms with Crippen molar-refractivity contribution < 1.29 is 27.9 Å². The molecule has 1 aromatic heterocycles. The van der Waals surface area contributed by atoms with Crippen LogP contribution in [0.25, 0.3) is 0 Å². The Morgan fingerprint density at radius 3 is 2.37 bits per heavy atom. The summed E-state index contributed by atoms with van der Waals surface area (Å²) in [4.78, 5) is 36.5. The molecule has 38 heavy (non-hydrogen) atoms. The second kappa shape index (κ2) is 11.7.